The smallest absolute Gasteiger partial charge is 0.245 e. The van der Waals surface area contributed by atoms with E-state index >= 15 is 0 Å². The number of hydrogen-bond acceptors (Lipinski definition) is 4. The third-order valence-corrected chi connectivity index (χ3v) is 5.26. The van der Waals surface area contributed by atoms with E-state index in [1.807, 2.05) is 26.8 Å². The molecule has 0 aliphatic rings. The fourth-order valence-electron chi connectivity index (χ4n) is 2.06. The lowest BCUT2D eigenvalue weighted by atomic mass is 10.3. The van der Waals surface area contributed by atoms with Crippen LogP contribution in [0, 0.1) is 0 Å². The summed E-state index contributed by atoms with van der Waals surface area (Å²) in [6.45, 7) is 7.25. The second-order valence-electron chi connectivity index (χ2n) is 5.13. The van der Waals surface area contributed by atoms with Crippen LogP contribution < -0.4 is 5.32 Å². The van der Waals surface area contributed by atoms with E-state index in [-0.39, 0.29) is 6.04 Å². The first kappa shape index (κ1) is 17.9. The molecule has 21 heavy (non-hydrogen) atoms. The monoisotopic (exact) mass is 314 g/mol. The Labute approximate surface area is 128 Å². The van der Waals surface area contributed by atoms with Crippen LogP contribution in [0.5, 0.6) is 0 Å². The Morgan fingerprint density at radius 2 is 1.95 bits per heavy atom. The Hall–Kier alpha value is -1.11. The summed E-state index contributed by atoms with van der Waals surface area (Å²) in [4.78, 5) is 0.322. The quantitative estimate of drug-likeness (QED) is 0.761. The molecule has 0 aromatic heterocycles. The number of nitrogens with one attached hydrogen (secondary N) is 1. The largest absolute Gasteiger partial charge is 0.384 e. The Balaban J connectivity index is 3.15. The molecule has 0 bridgehead atoms. The van der Waals surface area contributed by atoms with Crippen molar-refractivity contribution in [3.05, 3.63) is 24.3 Å². The van der Waals surface area contributed by atoms with Crippen molar-refractivity contribution >= 4 is 15.7 Å². The van der Waals surface area contributed by atoms with Gasteiger partial charge in [-0.2, -0.15) is 4.31 Å². The molecule has 6 heteroatoms. The minimum absolute atomic E-state index is 0.121. The van der Waals surface area contributed by atoms with Gasteiger partial charge in [0.05, 0.1) is 12.3 Å². The standard InChI is InChI=1S/C15H26N2O3S/c1-5-10-16-14-8-6-7-9-15(14)21(18,19)17(13(2)3)11-12-20-4/h6-9,13,16H,5,10-12H2,1-4H3. The summed E-state index contributed by atoms with van der Waals surface area (Å²) < 4.78 is 32.3. The SMILES string of the molecule is CCCNc1ccccc1S(=O)(=O)N(CCOC)C(C)C. The van der Waals surface area contributed by atoms with Crippen molar-refractivity contribution in [1.82, 2.24) is 4.31 Å². The van der Waals surface area contributed by atoms with E-state index in [4.69, 9.17) is 4.74 Å². The highest BCUT2D eigenvalue weighted by Crippen LogP contribution is 2.25. The van der Waals surface area contributed by atoms with Gasteiger partial charge in [-0.15, -0.1) is 0 Å². The van der Waals surface area contributed by atoms with Gasteiger partial charge in [0, 0.05) is 26.2 Å². The van der Waals surface area contributed by atoms with Gasteiger partial charge in [0.15, 0.2) is 0 Å². The first-order valence-corrected chi connectivity index (χ1v) is 8.72. The van der Waals surface area contributed by atoms with Gasteiger partial charge in [-0.05, 0) is 32.4 Å². The molecule has 0 saturated heterocycles. The lowest BCUT2D eigenvalue weighted by molar-refractivity contribution is 0.171. The topological polar surface area (TPSA) is 58.6 Å². The van der Waals surface area contributed by atoms with Gasteiger partial charge in [0.25, 0.3) is 0 Å². The van der Waals surface area contributed by atoms with Crippen molar-refractivity contribution in [2.24, 2.45) is 0 Å². The van der Waals surface area contributed by atoms with Crippen LogP contribution in [0.2, 0.25) is 0 Å². The number of ether oxygens (including phenoxy) is 1. The first-order valence-electron chi connectivity index (χ1n) is 7.28. The fourth-order valence-corrected chi connectivity index (χ4v) is 3.85. The van der Waals surface area contributed by atoms with Gasteiger partial charge >= 0.3 is 0 Å². The maximum atomic E-state index is 12.9. The fraction of sp³-hybridized carbons (Fsp3) is 0.600. The number of methoxy groups -OCH3 is 1. The highest BCUT2D eigenvalue weighted by molar-refractivity contribution is 7.89. The van der Waals surface area contributed by atoms with Gasteiger partial charge in [-0.25, -0.2) is 8.42 Å². The molecule has 5 nitrogen and oxygen atoms in total. The van der Waals surface area contributed by atoms with Crippen molar-refractivity contribution < 1.29 is 13.2 Å². The zero-order valence-corrected chi connectivity index (χ0v) is 14.1. The minimum Gasteiger partial charge on any atom is -0.384 e. The highest BCUT2D eigenvalue weighted by atomic mass is 32.2. The number of benzene rings is 1. The van der Waals surface area contributed by atoms with Crippen LogP contribution in [0.1, 0.15) is 27.2 Å². The number of hydrogen-bond donors (Lipinski definition) is 1. The maximum Gasteiger partial charge on any atom is 0.245 e. The van der Waals surface area contributed by atoms with Crippen LogP contribution in [0.15, 0.2) is 29.2 Å². The lowest BCUT2D eigenvalue weighted by Crippen LogP contribution is -2.39. The first-order chi connectivity index (χ1) is 9.95. The zero-order chi connectivity index (χ0) is 15.9. The summed E-state index contributed by atoms with van der Waals surface area (Å²) in [7, 11) is -1.97. The number of rotatable bonds is 9. The Bertz CT molecular complexity index is 529. The number of nitrogens with zero attached hydrogens (tertiary/aromatic N) is 1. The molecule has 0 spiro atoms. The van der Waals surface area contributed by atoms with Gasteiger partial charge in [-0.3, -0.25) is 0 Å². The highest BCUT2D eigenvalue weighted by Gasteiger charge is 2.28. The summed E-state index contributed by atoms with van der Waals surface area (Å²) in [5.74, 6) is 0. The predicted octanol–water partition coefficient (Wildman–Crippen LogP) is 2.55. The zero-order valence-electron chi connectivity index (χ0n) is 13.3. The number of para-hydroxylation sites is 1. The van der Waals surface area contributed by atoms with E-state index < -0.39 is 10.0 Å². The average molecular weight is 314 g/mol. The Morgan fingerprint density at radius 3 is 2.52 bits per heavy atom. The van der Waals surface area contributed by atoms with Crippen molar-refractivity contribution in [3.8, 4) is 0 Å². The summed E-state index contributed by atoms with van der Waals surface area (Å²) in [6.07, 6.45) is 0.936. The molecule has 0 unspecified atom stereocenters. The summed E-state index contributed by atoms with van der Waals surface area (Å²) in [6, 6.07) is 6.92. The second-order valence-corrected chi connectivity index (χ2v) is 6.98. The van der Waals surface area contributed by atoms with E-state index in [9.17, 15) is 8.42 Å². The molecule has 120 valence electrons. The van der Waals surface area contributed by atoms with E-state index in [2.05, 4.69) is 5.32 Å². The van der Waals surface area contributed by atoms with Crippen molar-refractivity contribution in [1.29, 1.82) is 0 Å². The molecule has 0 radical (unpaired) electrons. The number of anilines is 1. The lowest BCUT2D eigenvalue weighted by Gasteiger charge is -2.26. The summed E-state index contributed by atoms with van der Waals surface area (Å²) in [5, 5.41) is 3.18. The van der Waals surface area contributed by atoms with Crippen LogP contribution in [0.3, 0.4) is 0 Å². The molecule has 1 rings (SSSR count). The van der Waals surface area contributed by atoms with Gasteiger partial charge in [0.2, 0.25) is 10.0 Å². The molecule has 0 aliphatic carbocycles. The average Bonchev–Trinajstić information content (AvgIpc) is 2.45. The Kier molecular flexibility index (Phi) is 7.14. The van der Waals surface area contributed by atoms with Crippen LogP contribution >= 0.6 is 0 Å². The van der Waals surface area contributed by atoms with E-state index in [0.717, 1.165) is 13.0 Å². The van der Waals surface area contributed by atoms with Crippen LogP contribution in [-0.4, -0.2) is 45.6 Å². The third kappa shape index (κ3) is 4.69. The van der Waals surface area contributed by atoms with Crippen LogP contribution in [0.4, 0.5) is 5.69 Å². The van der Waals surface area contributed by atoms with Crippen molar-refractivity contribution in [2.75, 3.05) is 32.1 Å². The normalized spacial score (nSPS) is 12.1. The third-order valence-electron chi connectivity index (χ3n) is 3.13. The summed E-state index contributed by atoms with van der Waals surface area (Å²) >= 11 is 0. The summed E-state index contributed by atoms with van der Waals surface area (Å²) in [5.41, 5.74) is 0.655. The van der Waals surface area contributed by atoms with Crippen LogP contribution in [-0.2, 0) is 14.8 Å². The van der Waals surface area contributed by atoms with E-state index in [0.29, 0.717) is 23.7 Å². The molecule has 0 heterocycles. The maximum absolute atomic E-state index is 12.9. The van der Waals surface area contributed by atoms with Crippen molar-refractivity contribution in [2.45, 2.75) is 38.1 Å². The molecule has 0 atom stereocenters. The van der Waals surface area contributed by atoms with E-state index in [1.165, 1.54) is 4.31 Å². The molecule has 0 amide bonds. The number of sulfonamides is 1. The van der Waals surface area contributed by atoms with Gasteiger partial charge in [0.1, 0.15) is 4.90 Å². The van der Waals surface area contributed by atoms with Gasteiger partial charge in [-0.1, -0.05) is 19.1 Å². The van der Waals surface area contributed by atoms with Crippen molar-refractivity contribution in [3.63, 3.8) is 0 Å². The molecule has 0 fully saturated rings. The molecule has 1 aromatic rings. The molecule has 1 N–H and O–H groups in total. The van der Waals surface area contributed by atoms with Gasteiger partial charge < -0.3 is 10.1 Å². The molecular formula is C15H26N2O3S. The molecule has 1 aromatic carbocycles. The predicted molar refractivity (Wildman–Crippen MR) is 86.1 cm³/mol. The molecule has 0 saturated carbocycles. The molecule has 0 aliphatic heterocycles. The second kappa shape index (κ2) is 8.36. The molecular weight excluding hydrogens is 288 g/mol. The Morgan fingerprint density at radius 1 is 1.29 bits per heavy atom. The van der Waals surface area contributed by atoms with E-state index in [1.54, 1.807) is 25.3 Å². The minimum atomic E-state index is -3.54. The van der Waals surface area contributed by atoms with Crippen LogP contribution in [0.25, 0.3) is 0 Å².